The van der Waals surface area contributed by atoms with Gasteiger partial charge in [-0.25, -0.2) is 4.98 Å². The molecule has 0 spiro atoms. The molecule has 0 aliphatic carbocycles. The van der Waals surface area contributed by atoms with E-state index in [0.29, 0.717) is 24.6 Å². The Morgan fingerprint density at radius 3 is 2.10 bits per heavy atom. The lowest BCUT2D eigenvalue weighted by atomic mass is 10.1. The molecule has 0 unspecified atom stereocenters. The van der Waals surface area contributed by atoms with Gasteiger partial charge in [-0.05, 0) is 60.0 Å². The molecule has 202 valence electrons. The minimum atomic E-state index is -0.329. The van der Waals surface area contributed by atoms with Crippen LogP contribution in [-0.4, -0.2) is 47.0 Å². The number of hydrogen-bond acceptors (Lipinski definition) is 5. The number of aromatic nitrogens is 2. The van der Waals surface area contributed by atoms with Crippen LogP contribution in [0.25, 0.3) is 16.9 Å². The maximum Gasteiger partial charge on any atom is 0.246 e. The molecule has 1 N–H and O–H groups in total. The number of anilines is 1. The third-order valence-corrected chi connectivity index (χ3v) is 6.18. The van der Waals surface area contributed by atoms with E-state index >= 15 is 0 Å². The number of nitrogens with zero attached hydrogens (tertiary/aromatic N) is 3. The number of rotatable bonds is 11. The second-order valence-electron chi connectivity index (χ2n) is 9.63. The maximum atomic E-state index is 13.3. The van der Waals surface area contributed by atoms with Gasteiger partial charge in [0.05, 0.1) is 19.9 Å². The summed E-state index contributed by atoms with van der Waals surface area (Å²) in [5.41, 5.74) is 3.32. The van der Waals surface area contributed by atoms with Crippen LogP contribution in [0.2, 0.25) is 0 Å². The molecule has 8 heteroatoms. The number of imidazole rings is 1. The molecule has 0 radical (unpaired) electrons. The molecule has 0 bridgehead atoms. The molecular weight excluding hydrogens is 492 g/mol. The first-order valence-corrected chi connectivity index (χ1v) is 12.9. The van der Waals surface area contributed by atoms with Crippen LogP contribution in [0.3, 0.4) is 0 Å². The van der Waals surface area contributed by atoms with Crippen LogP contribution < -0.4 is 14.8 Å². The Kier molecular flexibility index (Phi) is 8.99. The Morgan fingerprint density at radius 1 is 0.897 bits per heavy atom. The highest BCUT2D eigenvalue weighted by Gasteiger charge is 2.21. The number of benzene rings is 3. The van der Waals surface area contributed by atoms with Gasteiger partial charge in [0.25, 0.3) is 0 Å². The Labute approximate surface area is 229 Å². The van der Waals surface area contributed by atoms with Gasteiger partial charge in [0.15, 0.2) is 0 Å². The van der Waals surface area contributed by atoms with Crippen LogP contribution in [0, 0.1) is 5.92 Å². The fourth-order valence-electron chi connectivity index (χ4n) is 4.16. The normalized spacial score (nSPS) is 10.8. The first-order chi connectivity index (χ1) is 18.9. The number of amides is 2. The van der Waals surface area contributed by atoms with Crippen LogP contribution >= 0.6 is 0 Å². The summed E-state index contributed by atoms with van der Waals surface area (Å²) in [6.07, 6.45) is 2.23. The van der Waals surface area contributed by atoms with E-state index in [1.54, 1.807) is 19.1 Å². The van der Waals surface area contributed by atoms with Crippen molar-refractivity contribution in [3.05, 3.63) is 90.6 Å². The minimum Gasteiger partial charge on any atom is -0.497 e. The van der Waals surface area contributed by atoms with Gasteiger partial charge in [-0.1, -0.05) is 44.2 Å². The first kappa shape index (κ1) is 27.4. The summed E-state index contributed by atoms with van der Waals surface area (Å²) in [6.45, 7) is 4.24. The molecule has 0 fully saturated rings. The van der Waals surface area contributed by atoms with E-state index in [9.17, 15) is 9.59 Å². The molecule has 4 rings (SSSR count). The van der Waals surface area contributed by atoms with Crippen molar-refractivity contribution in [2.45, 2.75) is 26.8 Å². The largest absolute Gasteiger partial charge is 0.497 e. The quantitative estimate of drug-likeness (QED) is 0.276. The van der Waals surface area contributed by atoms with Gasteiger partial charge >= 0.3 is 0 Å². The smallest absolute Gasteiger partial charge is 0.246 e. The van der Waals surface area contributed by atoms with Crippen LogP contribution in [-0.2, 0) is 16.1 Å². The van der Waals surface area contributed by atoms with Crippen molar-refractivity contribution in [2.75, 3.05) is 26.1 Å². The monoisotopic (exact) mass is 526 g/mol. The molecule has 0 atom stereocenters. The molecule has 8 nitrogen and oxygen atoms in total. The van der Waals surface area contributed by atoms with E-state index in [0.717, 1.165) is 28.3 Å². The van der Waals surface area contributed by atoms with Gasteiger partial charge in [-0.15, -0.1) is 0 Å². The van der Waals surface area contributed by atoms with Crippen LogP contribution in [0.1, 0.15) is 25.8 Å². The van der Waals surface area contributed by atoms with Gasteiger partial charge in [-0.2, -0.15) is 0 Å². The van der Waals surface area contributed by atoms with Gasteiger partial charge in [-0.3, -0.25) is 19.5 Å². The van der Waals surface area contributed by atoms with Crippen molar-refractivity contribution in [1.29, 1.82) is 0 Å². The van der Waals surface area contributed by atoms with Crippen molar-refractivity contribution in [3.63, 3.8) is 0 Å². The van der Waals surface area contributed by atoms with E-state index < -0.39 is 0 Å². The van der Waals surface area contributed by atoms with Gasteiger partial charge in [0, 0.05) is 30.4 Å². The Hall–Kier alpha value is -4.59. The first-order valence-electron chi connectivity index (χ1n) is 12.9. The zero-order chi connectivity index (χ0) is 27.8. The average Bonchev–Trinajstić information content (AvgIpc) is 3.36. The van der Waals surface area contributed by atoms with Crippen LogP contribution in [0.15, 0.2) is 85.1 Å². The highest BCUT2D eigenvalue weighted by atomic mass is 16.5. The molecule has 0 aliphatic rings. The summed E-state index contributed by atoms with van der Waals surface area (Å²) >= 11 is 0. The number of hydrogen-bond donors (Lipinski definition) is 1. The molecule has 0 saturated heterocycles. The van der Waals surface area contributed by atoms with Gasteiger partial charge < -0.3 is 14.4 Å². The molecule has 39 heavy (non-hydrogen) atoms. The number of ether oxygens (including phenoxy) is 2. The van der Waals surface area contributed by atoms with Crippen molar-refractivity contribution in [3.8, 4) is 28.4 Å². The summed E-state index contributed by atoms with van der Waals surface area (Å²) in [5, 5.41) is 2.94. The Balaban J connectivity index is 1.61. The van der Waals surface area contributed by atoms with Gasteiger partial charge in [0.1, 0.15) is 18.0 Å². The molecule has 2 amide bonds. The number of carbonyl (C=O) groups is 2. The zero-order valence-corrected chi connectivity index (χ0v) is 22.8. The molecule has 4 aromatic rings. The molecule has 0 saturated carbocycles. The van der Waals surface area contributed by atoms with Crippen LogP contribution in [0.5, 0.6) is 11.5 Å². The third-order valence-electron chi connectivity index (χ3n) is 6.18. The second-order valence-corrected chi connectivity index (χ2v) is 9.63. The van der Waals surface area contributed by atoms with Gasteiger partial charge in [0.2, 0.25) is 17.8 Å². The molecule has 0 aliphatic heterocycles. The van der Waals surface area contributed by atoms with E-state index in [2.05, 4.69) is 5.32 Å². The number of carbonyl (C=O) groups excluding carboxylic acids is 2. The van der Waals surface area contributed by atoms with Crippen molar-refractivity contribution in [2.24, 2.45) is 5.92 Å². The lowest BCUT2D eigenvalue weighted by Gasteiger charge is -2.23. The van der Waals surface area contributed by atoms with E-state index in [1.165, 1.54) is 0 Å². The summed E-state index contributed by atoms with van der Waals surface area (Å²) in [7, 11) is 3.23. The molecule has 1 heterocycles. The summed E-state index contributed by atoms with van der Waals surface area (Å²) in [5.74, 6) is 1.60. The number of nitrogens with one attached hydrogen (secondary N) is 1. The summed E-state index contributed by atoms with van der Waals surface area (Å²) in [4.78, 5) is 32.7. The van der Waals surface area contributed by atoms with Crippen molar-refractivity contribution in [1.82, 2.24) is 14.5 Å². The fourth-order valence-corrected chi connectivity index (χ4v) is 4.16. The molecular formula is C31H34N4O4. The van der Waals surface area contributed by atoms with E-state index in [1.807, 2.05) is 103 Å². The average molecular weight is 527 g/mol. The van der Waals surface area contributed by atoms with Crippen molar-refractivity contribution >= 4 is 17.8 Å². The predicted octanol–water partition coefficient (Wildman–Crippen LogP) is 5.57. The summed E-state index contributed by atoms with van der Waals surface area (Å²) in [6, 6.07) is 24.7. The third kappa shape index (κ3) is 7.25. The zero-order valence-electron chi connectivity index (χ0n) is 22.8. The number of methoxy groups -OCH3 is 2. The Morgan fingerprint density at radius 2 is 1.51 bits per heavy atom. The van der Waals surface area contributed by atoms with Crippen LogP contribution in [0.4, 0.5) is 5.95 Å². The SMILES string of the molecule is COc1ccc(-c2cn(-c3ccc(OC)cc3)c(NC(=O)CN(Cc3ccccc3)C(=O)CC(C)C)n2)cc1. The van der Waals surface area contributed by atoms with E-state index in [4.69, 9.17) is 14.5 Å². The Bertz CT molecular complexity index is 1380. The maximum absolute atomic E-state index is 13.3. The fraction of sp³-hybridized carbons (Fsp3) is 0.258. The lowest BCUT2D eigenvalue weighted by molar-refractivity contribution is -0.136. The lowest BCUT2D eigenvalue weighted by Crippen LogP contribution is -2.38. The highest BCUT2D eigenvalue weighted by molar-refractivity contribution is 5.94. The molecule has 1 aromatic heterocycles. The predicted molar refractivity (Wildman–Crippen MR) is 152 cm³/mol. The topological polar surface area (TPSA) is 85.7 Å². The summed E-state index contributed by atoms with van der Waals surface area (Å²) < 4.78 is 12.4. The van der Waals surface area contributed by atoms with Crippen molar-refractivity contribution < 1.29 is 19.1 Å². The minimum absolute atomic E-state index is 0.0681. The van der Waals surface area contributed by atoms with E-state index in [-0.39, 0.29) is 24.3 Å². The molecule has 3 aromatic carbocycles. The second kappa shape index (κ2) is 12.8. The standard InChI is InChI=1S/C31H34N4O4/c1-22(2)18-30(37)34(19-23-8-6-5-7-9-23)21-29(36)33-31-32-28(24-10-14-26(38-3)15-11-24)20-35(31)25-12-16-27(39-4)17-13-25/h5-17,20,22H,18-19,21H2,1-4H3,(H,32,33,36). The highest BCUT2D eigenvalue weighted by Crippen LogP contribution is 2.27.